The smallest absolute Gasteiger partial charge is 0.138 e. The molecule has 3 rings (SSSR count). The van der Waals surface area contributed by atoms with Crippen LogP contribution in [0.2, 0.25) is 0 Å². The number of hydrogen-bond acceptors (Lipinski definition) is 3. The average Bonchev–Trinajstić information content (AvgIpc) is 2.60. The lowest BCUT2D eigenvalue weighted by Crippen LogP contribution is -1.97. The number of nitrogens with zero attached hydrogens (tertiary/aromatic N) is 2. The van der Waals surface area contributed by atoms with E-state index in [1.54, 1.807) is 6.07 Å². The van der Waals surface area contributed by atoms with E-state index in [-0.39, 0.29) is 0 Å². The molecule has 0 spiro atoms. The number of nitriles is 1. The lowest BCUT2D eigenvalue weighted by atomic mass is 10.0. The van der Waals surface area contributed by atoms with Gasteiger partial charge in [0.15, 0.2) is 0 Å². The van der Waals surface area contributed by atoms with Crippen LogP contribution in [-0.2, 0) is 6.61 Å². The van der Waals surface area contributed by atoms with Crippen LogP contribution in [-0.4, -0.2) is 4.98 Å². The predicted molar refractivity (Wildman–Crippen MR) is 89.9 cm³/mol. The Labute approximate surface area is 135 Å². The van der Waals surface area contributed by atoms with Crippen molar-refractivity contribution in [3.8, 4) is 22.9 Å². The van der Waals surface area contributed by atoms with Crippen LogP contribution in [0.25, 0.3) is 11.1 Å². The highest BCUT2D eigenvalue weighted by Gasteiger charge is 2.07. The summed E-state index contributed by atoms with van der Waals surface area (Å²) < 4.78 is 5.86. The van der Waals surface area contributed by atoms with Gasteiger partial charge in [-0.1, -0.05) is 36.4 Å². The van der Waals surface area contributed by atoms with Gasteiger partial charge in [0.25, 0.3) is 0 Å². The Morgan fingerprint density at radius 3 is 2.57 bits per heavy atom. The average molecular weight is 300 g/mol. The zero-order valence-corrected chi connectivity index (χ0v) is 12.9. The van der Waals surface area contributed by atoms with E-state index in [0.29, 0.717) is 17.9 Å². The van der Waals surface area contributed by atoms with Gasteiger partial charge in [-0.3, -0.25) is 4.98 Å². The summed E-state index contributed by atoms with van der Waals surface area (Å²) in [4.78, 5) is 4.22. The number of aromatic nitrogens is 1. The fourth-order valence-corrected chi connectivity index (χ4v) is 2.36. The Kier molecular flexibility index (Phi) is 4.35. The first-order valence-electron chi connectivity index (χ1n) is 7.39. The summed E-state index contributed by atoms with van der Waals surface area (Å²) in [6.07, 6.45) is 3.63. The summed E-state index contributed by atoms with van der Waals surface area (Å²) in [5.74, 6) is 0.593. The van der Waals surface area contributed by atoms with E-state index >= 15 is 0 Å². The van der Waals surface area contributed by atoms with Gasteiger partial charge in [-0.25, -0.2) is 0 Å². The third-order valence-electron chi connectivity index (χ3n) is 3.55. The van der Waals surface area contributed by atoms with Crippen LogP contribution >= 0.6 is 0 Å². The zero-order valence-electron chi connectivity index (χ0n) is 12.9. The topological polar surface area (TPSA) is 45.9 Å². The molecule has 0 unspecified atom stereocenters. The molecular formula is C20H16N2O. The molecule has 1 aromatic heterocycles. The van der Waals surface area contributed by atoms with Gasteiger partial charge < -0.3 is 4.74 Å². The van der Waals surface area contributed by atoms with Crippen molar-refractivity contribution in [2.24, 2.45) is 0 Å². The first-order valence-corrected chi connectivity index (χ1v) is 7.39. The quantitative estimate of drug-likeness (QED) is 0.712. The summed E-state index contributed by atoms with van der Waals surface area (Å²) in [6.45, 7) is 2.44. The van der Waals surface area contributed by atoms with E-state index in [2.05, 4.69) is 17.1 Å². The number of rotatable bonds is 4. The van der Waals surface area contributed by atoms with Gasteiger partial charge in [-0.05, 0) is 41.8 Å². The van der Waals surface area contributed by atoms with Gasteiger partial charge in [0, 0.05) is 18.0 Å². The minimum Gasteiger partial charge on any atom is -0.488 e. The predicted octanol–water partition coefficient (Wildman–Crippen LogP) is 4.51. The largest absolute Gasteiger partial charge is 0.488 e. The SMILES string of the molecule is Cc1cncc(-c2ccc(C#N)c(OCc3ccccc3)c2)c1. The molecule has 0 fully saturated rings. The van der Waals surface area contributed by atoms with Crippen molar-refractivity contribution in [2.75, 3.05) is 0 Å². The van der Waals surface area contributed by atoms with Crippen molar-refractivity contribution in [3.05, 3.63) is 83.7 Å². The molecule has 0 aliphatic rings. The maximum atomic E-state index is 9.28. The molecule has 0 aliphatic carbocycles. The molecule has 3 nitrogen and oxygen atoms in total. The second-order valence-electron chi connectivity index (χ2n) is 5.35. The summed E-state index contributed by atoms with van der Waals surface area (Å²) in [6, 6.07) is 19.8. The Morgan fingerprint density at radius 2 is 1.83 bits per heavy atom. The van der Waals surface area contributed by atoms with Gasteiger partial charge >= 0.3 is 0 Å². The number of ether oxygens (including phenoxy) is 1. The van der Waals surface area contributed by atoms with Crippen molar-refractivity contribution in [2.45, 2.75) is 13.5 Å². The fraction of sp³-hybridized carbons (Fsp3) is 0.100. The van der Waals surface area contributed by atoms with Crippen molar-refractivity contribution < 1.29 is 4.74 Å². The highest BCUT2D eigenvalue weighted by atomic mass is 16.5. The molecule has 0 saturated carbocycles. The van der Waals surface area contributed by atoms with E-state index in [0.717, 1.165) is 22.3 Å². The van der Waals surface area contributed by atoms with Crippen LogP contribution in [0, 0.1) is 18.3 Å². The van der Waals surface area contributed by atoms with Crippen LogP contribution in [0.4, 0.5) is 0 Å². The van der Waals surface area contributed by atoms with E-state index < -0.39 is 0 Å². The zero-order chi connectivity index (χ0) is 16.1. The minimum atomic E-state index is 0.436. The van der Waals surface area contributed by atoms with Crippen LogP contribution in [0.3, 0.4) is 0 Å². The van der Waals surface area contributed by atoms with Crippen molar-refractivity contribution in [1.82, 2.24) is 4.98 Å². The fourth-order valence-electron chi connectivity index (χ4n) is 2.36. The minimum absolute atomic E-state index is 0.436. The number of aryl methyl sites for hydroxylation is 1. The summed E-state index contributed by atoms with van der Waals surface area (Å²) in [5, 5.41) is 9.28. The van der Waals surface area contributed by atoms with E-state index in [4.69, 9.17) is 4.74 Å². The molecule has 0 aliphatic heterocycles. The van der Waals surface area contributed by atoms with Gasteiger partial charge in [-0.15, -0.1) is 0 Å². The number of hydrogen-bond donors (Lipinski definition) is 0. The van der Waals surface area contributed by atoms with Crippen molar-refractivity contribution in [1.29, 1.82) is 5.26 Å². The molecule has 23 heavy (non-hydrogen) atoms. The normalized spacial score (nSPS) is 10.1. The first kappa shape index (κ1) is 14.8. The maximum Gasteiger partial charge on any atom is 0.138 e. The summed E-state index contributed by atoms with van der Waals surface area (Å²) in [5.41, 5.74) is 4.70. The van der Waals surface area contributed by atoms with Crippen LogP contribution in [0.1, 0.15) is 16.7 Å². The summed E-state index contributed by atoms with van der Waals surface area (Å²) >= 11 is 0. The Morgan fingerprint density at radius 1 is 1.00 bits per heavy atom. The van der Waals surface area contributed by atoms with Crippen LogP contribution in [0.5, 0.6) is 5.75 Å². The monoisotopic (exact) mass is 300 g/mol. The molecule has 1 heterocycles. The second-order valence-corrected chi connectivity index (χ2v) is 5.35. The third-order valence-corrected chi connectivity index (χ3v) is 3.55. The van der Waals surface area contributed by atoms with Crippen LogP contribution < -0.4 is 4.74 Å². The maximum absolute atomic E-state index is 9.28. The standard InChI is InChI=1S/C20H16N2O/c1-15-9-19(13-22-12-15)17-7-8-18(11-21)20(10-17)23-14-16-5-3-2-4-6-16/h2-10,12-13H,14H2,1H3. The molecule has 112 valence electrons. The number of pyridine rings is 1. The molecular weight excluding hydrogens is 284 g/mol. The van der Waals surface area contributed by atoms with Gasteiger partial charge in [-0.2, -0.15) is 5.26 Å². The molecule has 3 heteroatoms. The molecule has 0 N–H and O–H groups in total. The molecule has 2 aromatic carbocycles. The van der Waals surface area contributed by atoms with Crippen molar-refractivity contribution >= 4 is 0 Å². The summed E-state index contributed by atoms with van der Waals surface area (Å²) in [7, 11) is 0. The highest BCUT2D eigenvalue weighted by molar-refractivity contribution is 5.67. The number of benzene rings is 2. The van der Waals surface area contributed by atoms with Gasteiger partial charge in [0.1, 0.15) is 18.4 Å². The Balaban J connectivity index is 1.89. The lowest BCUT2D eigenvalue weighted by Gasteiger charge is -2.10. The lowest BCUT2D eigenvalue weighted by molar-refractivity contribution is 0.305. The molecule has 0 radical (unpaired) electrons. The van der Waals surface area contributed by atoms with Gasteiger partial charge in [0.2, 0.25) is 0 Å². The van der Waals surface area contributed by atoms with E-state index in [9.17, 15) is 5.26 Å². The van der Waals surface area contributed by atoms with Crippen LogP contribution in [0.15, 0.2) is 67.0 Å². The highest BCUT2D eigenvalue weighted by Crippen LogP contribution is 2.27. The Bertz CT molecular complexity index is 851. The Hall–Kier alpha value is -3.12. The first-order chi connectivity index (χ1) is 11.3. The molecule has 0 bridgehead atoms. The molecule has 3 aromatic rings. The molecule has 0 amide bonds. The third kappa shape index (κ3) is 3.56. The van der Waals surface area contributed by atoms with Gasteiger partial charge in [0.05, 0.1) is 5.56 Å². The van der Waals surface area contributed by atoms with Crippen molar-refractivity contribution in [3.63, 3.8) is 0 Å². The molecule has 0 saturated heterocycles. The molecule has 0 atom stereocenters. The van der Waals surface area contributed by atoms with E-state index in [1.165, 1.54) is 0 Å². The van der Waals surface area contributed by atoms with E-state index in [1.807, 2.05) is 61.8 Å². The second kappa shape index (κ2) is 6.76.